The Morgan fingerprint density at radius 1 is 1.32 bits per heavy atom. The molecule has 0 aliphatic carbocycles. The molecule has 0 spiro atoms. The minimum absolute atomic E-state index is 0.194. The number of aryl methyl sites for hydroxylation is 1. The van der Waals surface area contributed by atoms with Gasteiger partial charge in [-0.25, -0.2) is 9.25 Å². The van der Waals surface area contributed by atoms with E-state index < -0.39 is 6.04 Å². The second-order valence-corrected chi connectivity index (χ2v) is 8.30. The van der Waals surface area contributed by atoms with Crippen LogP contribution >= 0.6 is 0 Å². The third-order valence-corrected chi connectivity index (χ3v) is 5.54. The quantitative estimate of drug-likeness (QED) is 0.194. The maximum Gasteiger partial charge on any atom is 0.330 e. The second kappa shape index (κ2) is 13.1. The van der Waals surface area contributed by atoms with Crippen LogP contribution in [0, 0.1) is 0 Å². The molecular formula is C26H33N8O3+. The topological polar surface area (TPSA) is 154 Å². The first-order valence-corrected chi connectivity index (χ1v) is 11.9. The largest absolute Gasteiger partial charge is 0.485 e. The lowest BCUT2D eigenvalue weighted by Crippen LogP contribution is -2.41. The minimum Gasteiger partial charge on any atom is -0.485 e. The molecule has 1 aromatic carbocycles. The Kier molecular flexibility index (Phi) is 9.61. The highest BCUT2D eigenvalue weighted by Gasteiger charge is 2.16. The Labute approximate surface area is 215 Å². The predicted octanol–water partition coefficient (Wildman–Crippen LogP) is 0.411. The van der Waals surface area contributed by atoms with E-state index >= 15 is 0 Å². The number of benzene rings is 1. The summed E-state index contributed by atoms with van der Waals surface area (Å²) in [6, 6.07) is 10.3. The van der Waals surface area contributed by atoms with Crippen LogP contribution in [0.5, 0.6) is 5.75 Å². The minimum atomic E-state index is -0.511. The number of aliphatic imine (C=N–C) groups is 1. The van der Waals surface area contributed by atoms with Crippen molar-refractivity contribution in [2.75, 3.05) is 20.2 Å². The smallest absolute Gasteiger partial charge is 0.330 e. The highest BCUT2D eigenvalue weighted by Crippen LogP contribution is 2.17. The Morgan fingerprint density at radius 3 is 2.84 bits per heavy atom. The molecule has 0 bridgehead atoms. The molecular weight excluding hydrogens is 472 g/mol. The average molecular weight is 506 g/mol. The molecule has 1 atom stereocenters. The first-order chi connectivity index (χ1) is 17.9. The maximum atomic E-state index is 12.4. The lowest BCUT2D eigenvalue weighted by Gasteiger charge is -2.10. The lowest BCUT2D eigenvalue weighted by molar-refractivity contribution is -0.663. The number of hydrogen-bond acceptors (Lipinski definition) is 8. The number of allylic oxidation sites excluding steroid dienone is 1. The van der Waals surface area contributed by atoms with Crippen molar-refractivity contribution in [1.29, 1.82) is 0 Å². The normalized spacial score (nSPS) is 12.5. The van der Waals surface area contributed by atoms with Crippen LogP contribution in [0.1, 0.15) is 24.6 Å². The molecule has 2 aromatic heterocycles. The molecule has 1 amide bonds. The van der Waals surface area contributed by atoms with Crippen molar-refractivity contribution >= 4 is 17.7 Å². The summed E-state index contributed by atoms with van der Waals surface area (Å²) in [6.07, 6.45) is 7.03. The first kappa shape index (κ1) is 27.2. The average Bonchev–Trinajstić information content (AvgIpc) is 2.90. The summed E-state index contributed by atoms with van der Waals surface area (Å²) in [5, 5.41) is 7.19. The van der Waals surface area contributed by atoms with Gasteiger partial charge in [0.15, 0.2) is 6.20 Å². The third kappa shape index (κ3) is 7.31. The van der Waals surface area contributed by atoms with Crippen LogP contribution in [-0.2, 0) is 18.4 Å². The SMILES string of the molecule is CCC(N)C(=O)NCCOc1cnc(-c2cccc(Cn3nc(C(C=NC)=CN)ccc3=O)c2)[n+](C)c1. The van der Waals surface area contributed by atoms with E-state index in [2.05, 4.69) is 20.4 Å². The number of nitrogens with two attached hydrogens (primary N) is 2. The number of carbonyl (C=O) groups excluding carboxylic acids is 1. The van der Waals surface area contributed by atoms with E-state index in [1.54, 1.807) is 25.5 Å². The van der Waals surface area contributed by atoms with E-state index in [0.29, 0.717) is 36.6 Å². The number of rotatable bonds is 11. The highest BCUT2D eigenvalue weighted by molar-refractivity contribution is 6.08. The fourth-order valence-corrected chi connectivity index (χ4v) is 3.54. The number of nitrogens with one attached hydrogen (secondary N) is 1. The molecule has 0 aliphatic heterocycles. The summed E-state index contributed by atoms with van der Waals surface area (Å²) in [7, 11) is 3.51. The zero-order chi connectivity index (χ0) is 26.8. The standard InChI is InChI=1S/C26H32N8O3/c1-4-22(28)26(36)30-10-11-37-21-15-31-25(33(3)17-21)19-7-5-6-18(12-19)16-34-24(35)9-8-23(32-34)20(13-27)14-29-2/h5-9,12-15,17,22H,4,10-11,16,28H2,1-3H3,(H2-,27,29,30,32,36)/p+1. The Balaban J connectivity index is 1.71. The molecule has 3 rings (SSSR count). The van der Waals surface area contributed by atoms with E-state index in [1.807, 2.05) is 49.0 Å². The van der Waals surface area contributed by atoms with Gasteiger partial charge in [-0.1, -0.05) is 19.1 Å². The van der Waals surface area contributed by atoms with Crippen LogP contribution in [0.2, 0.25) is 0 Å². The Morgan fingerprint density at radius 2 is 2.14 bits per heavy atom. The number of carbonyl (C=O) groups is 1. The van der Waals surface area contributed by atoms with Gasteiger partial charge >= 0.3 is 5.82 Å². The molecule has 37 heavy (non-hydrogen) atoms. The third-order valence-electron chi connectivity index (χ3n) is 5.54. The lowest BCUT2D eigenvalue weighted by atomic mass is 10.1. The van der Waals surface area contributed by atoms with Gasteiger partial charge in [-0.3, -0.25) is 14.6 Å². The van der Waals surface area contributed by atoms with Crippen LogP contribution in [-0.4, -0.2) is 53.1 Å². The number of ether oxygens (including phenoxy) is 1. The number of aromatic nitrogens is 4. The molecule has 0 fully saturated rings. The van der Waals surface area contributed by atoms with Crippen LogP contribution in [0.4, 0.5) is 0 Å². The molecule has 11 nitrogen and oxygen atoms in total. The predicted molar refractivity (Wildman–Crippen MR) is 142 cm³/mol. The molecule has 2 heterocycles. The fraction of sp³-hybridized carbons (Fsp3) is 0.308. The van der Waals surface area contributed by atoms with E-state index in [4.69, 9.17) is 16.2 Å². The van der Waals surface area contributed by atoms with E-state index in [1.165, 1.54) is 16.9 Å². The number of amides is 1. The first-order valence-electron chi connectivity index (χ1n) is 11.9. The van der Waals surface area contributed by atoms with Crippen LogP contribution in [0.3, 0.4) is 0 Å². The molecule has 3 aromatic rings. The van der Waals surface area contributed by atoms with Crippen molar-refractivity contribution in [3.05, 3.63) is 76.6 Å². The summed E-state index contributed by atoms with van der Waals surface area (Å²) >= 11 is 0. The maximum absolute atomic E-state index is 12.4. The number of hydrogen-bond donors (Lipinski definition) is 3. The van der Waals surface area contributed by atoms with Crippen molar-refractivity contribution in [3.8, 4) is 17.1 Å². The van der Waals surface area contributed by atoms with Crippen molar-refractivity contribution in [1.82, 2.24) is 20.1 Å². The van der Waals surface area contributed by atoms with Crippen LogP contribution < -0.4 is 31.6 Å². The van der Waals surface area contributed by atoms with Gasteiger partial charge in [0.2, 0.25) is 11.7 Å². The highest BCUT2D eigenvalue weighted by atomic mass is 16.5. The van der Waals surface area contributed by atoms with Gasteiger partial charge in [-0.2, -0.15) is 5.10 Å². The van der Waals surface area contributed by atoms with Crippen LogP contribution in [0.15, 0.2) is 64.8 Å². The Hall–Kier alpha value is -4.38. The fourth-order valence-electron chi connectivity index (χ4n) is 3.54. The van der Waals surface area contributed by atoms with Crippen molar-refractivity contribution < 1.29 is 14.1 Å². The summed E-state index contributed by atoms with van der Waals surface area (Å²) in [4.78, 5) is 32.7. The summed E-state index contributed by atoms with van der Waals surface area (Å²) in [5.74, 6) is 1.10. The Bertz CT molecular complexity index is 1350. The van der Waals surface area contributed by atoms with E-state index in [9.17, 15) is 9.59 Å². The van der Waals surface area contributed by atoms with E-state index in [0.717, 1.165) is 17.0 Å². The van der Waals surface area contributed by atoms with Gasteiger partial charge in [0.1, 0.15) is 12.8 Å². The van der Waals surface area contributed by atoms with Crippen molar-refractivity contribution in [2.45, 2.75) is 25.9 Å². The van der Waals surface area contributed by atoms with Gasteiger partial charge in [0, 0.05) is 31.1 Å². The van der Waals surface area contributed by atoms with Gasteiger partial charge in [0.05, 0.1) is 37.4 Å². The van der Waals surface area contributed by atoms with Crippen LogP contribution in [0.25, 0.3) is 17.0 Å². The summed E-state index contributed by atoms with van der Waals surface area (Å²) in [5.41, 5.74) is 14.1. The molecule has 11 heteroatoms. The molecule has 194 valence electrons. The monoisotopic (exact) mass is 505 g/mol. The van der Waals surface area contributed by atoms with Gasteiger partial charge in [0.25, 0.3) is 5.56 Å². The molecule has 0 saturated heterocycles. The zero-order valence-corrected chi connectivity index (χ0v) is 21.3. The van der Waals surface area contributed by atoms with E-state index in [-0.39, 0.29) is 18.0 Å². The molecule has 5 N–H and O–H groups in total. The van der Waals surface area contributed by atoms with Crippen molar-refractivity contribution in [2.24, 2.45) is 23.5 Å². The van der Waals surface area contributed by atoms with Gasteiger partial charge in [-0.05, 0) is 35.2 Å². The second-order valence-electron chi connectivity index (χ2n) is 8.30. The van der Waals surface area contributed by atoms with Crippen molar-refractivity contribution in [3.63, 3.8) is 0 Å². The summed E-state index contributed by atoms with van der Waals surface area (Å²) < 4.78 is 8.95. The van der Waals surface area contributed by atoms with Gasteiger partial charge < -0.3 is 21.5 Å². The molecule has 1 unspecified atom stereocenters. The molecule has 0 radical (unpaired) electrons. The zero-order valence-electron chi connectivity index (χ0n) is 21.3. The number of nitrogens with zero attached hydrogens (tertiary/aromatic N) is 5. The summed E-state index contributed by atoms with van der Waals surface area (Å²) in [6.45, 7) is 2.78. The molecule has 0 aliphatic rings. The molecule has 0 saturated carbocycles. The van der Waals surface area contributed by atoms with Gasteiger partial charge in [-0.15, -0.1) is 0 Å².